The lowest BCUT2D eigenvalue weighted by Crippen LogP contribution is -2.56. The Bertz CT molecular complexity index is 557. The number of thiol groups is 1. The molecule has 0 radical (unpaired) electrons. The summed E-state index contributed by atoms with van der Waals surface area (Å²) in [5.74, 6) is 0. The van der Waals surface area contributed by atoms with Gasteiger partial charge in [-0.1, -0.05) is 12.6 Å². The monoisotopic (exact) mass is 279 g/mol. The summed E-state index contributed by atoms with van der Waals surface area (Å²) in [6, 6.07) is 5.73. The normalized spacial score (nSPS) is 16.7. The number of quaternary nitrogens is 1. The van der Waals surface area contributed by atoms with Gasteiger partial charge < -0.3 is 0 Å². The van der Waals surface area contributed by atoms with E-state index in [1.54, 1.807) is 12.1 Å². The van der Waals surface area contributed by atoms with Crippen molar-refractivity contribution >= 4 is 30.1 Å². The van der Waals surface area contributed by atoms with Crippen LogP contribution in [0.4, 0.5) is 11.4 Å². The van der Waals surface area contributed by atoms with Crippen LogP contribution in [-0.4, -0.2) is 17.0 Å². The minimum absolute atomic E-state index is 0.128. The number of hydrogen-bond acceptors (Lipinski definition) is 3. The van der Waals surface area contributed by atoms with Crippen molar-refractivity contribution in [2.24, 2.45) is 0 Å². The van der Waals surface area contributed by atoms with E-state index in [9.17, 15) is 10.1 Å². The molecule has 0 unspecified atom stereocenters. The Balaban J connectivity index is 2.67. The molecular formula is C14H19N2O2S+. The Labute approximate surface area is 118 Å². The lowest BCUT2D eigenvalue weighted by Gasteiger charge is -2.42. The van der Waals surface area contributed by atoms with E-state index in [1.807, 2.05) is 12.1 Å². The van der Waals surface area contributed by atoms with E-state index < -0.39 is 0 Å². The molecule has 2 rings (SSSR count). The first-order chi connectivity index (χ1) is 8.81. The van der Waals surface area contributed by atoms with E-state index in [1.165, 1.54) is 0 Å². The summed E-state index contributed by atoms with van der Waals surface area (Å²) < 4.78 is 0.649. The molecule has 0 bridgehead atoms. The lowest BCUT2D eigenvalue weighted by molar-refractivity contribution is -0.384. The van der Waals surface area contributed by atoms with E-state index >= 15 is 0 Å². The molecule has 4 nitrogen and oxygen atoms in total. The predicted molar refractivity (Wildman–Crippen MR) is 82.1 cm³/mol. The Hall–Kier alpha value is -1.33. The summed E-state index contributed by atoms with van der Waals surface area (Å²) >= 11 is 4.65. The average molecular weight is 279 g/mol. The van der Waals surface area contributed by atoms with Crippen molar-refractivity contribution < 1.29 is 4.92 Å². The maximum Gasteiger partial charge on any atom is 0.270 e. The molecule has 19 heavy (non-hydrogen) atoms. The second-order valence-corrected chi connectivity index (χ2v) is 5.93. The number of fused-ring (bicyclic) bond motifs is 1. The second-order valence-electron chi connectivity index (χ2n) is 5.47. The van der Waals surface area contributed by atoms with Gasteiger partial charge in [-0.15, -0.1) is 0 Å². The first-order valence-corrected chi connectivity index (χ1v) is 6.85. The Kier molecular flexibility index (Phi) is 3.45. The highest BCUT2D eigenvalue weighted by Crippen LogP contribution is 2.46. The van der Waals surface area contributed by atoms with Crippen LogP contribution in [0.3, 0.4) is 0 Å². The van der Waals surface area contributed by atoms with Crippen molar-refractivity contribution in [1.29, 1.82) is 0 Å². The average Bonchev–Trinajstić information content (AvgIpc) is 2.60. The van der Waals surface area contributed by atoms with Crippen molar-refractivity contribution in [3.63, 3.8) is 0 Å². The van der Waals surface area contributed by atoms with Gasteiger partial charge in [0.15, 0.2) is 5.03 Å². The van der Waals surface area contributed by atoms with E-state index in [0.29, 0.717) is 16.6 Å². The van der Waals surface area contributed by atoms with Crippen LogP contribution in [0.5, 0.6) is 0 Å². The van der Waals surface area contributed by atoms with Crippen molar-refractivity contribution in [2.75, 3.05) is 0 Å². The summed E-state index contributed by atoms with van der Waals surface area (Å²) in [6.45, 7) is 8.61. The minimum Gasteiger partial charge on any atom is -0.258 e. The molecular weight excluding hydrogens is 260 g/mol. The largest absolute Gasteiger partial charge is 0.270 e. The molecule has 1 heterocycles. The fraction of sp³-hybridized carbons (Fsp3) is 0.429. The van der Waals surface area contributed by atoms with Gasteiger partial charge in [0.05, 0.1) is 17.0 Å². The van der Waals surface area contributed by atoms with Gasteiger partial charge in [0.25, 0.3) is 5.69 Å². The smallest absolute Gasteiger partial charge is 0.258 e. The lowest BCUT2D eigenvalue weighted by atomic mass is 10.1. The predicted octanol–water partition coefficient (Wildman–Crippen LogP) is 3.96. The summed E-state index contributed by atoms with van der Waals surface area (Å²) in [4.78, 5) is 10.5. The van der Waals surface area contributed by atoms with Crippen molar-refractivity contribution in [3.05, 3.63) is 38.9 Å². The fourth-order valence-electron chi connectivity index (χ4n) is 3.16. The molecule has 1 aromatic carbocycles. The fourth-order valence-corrected chi connectivity index (χ4v) is 3.87. The summed E-state index contributed by atoms with van der Waals surface area (Å²) in [5.41, 5.74) is 2.13. The Morgan fingerprint density at radius 2 is 1.79 bits per heavy atom. The second kappa shape index (κ2) is 4.65. The van der Waals surface area contributed by atoms with E-state index in [4.69, 9.17) is 0 Å². The summed E-state index contributed by atoms with van der Waals surface area (Å²) in [6.07, 6.45) is 1.95. The third-order valence-electron chi connectivity index (χ3n) is 3.91. The molecule has 1 aromatic rings. The highest BCUT2D eigenvalue weighted by atomic mass is 32.1. The van der Waals surface area contributed by atoms with Gasteiger partial charge in [-0.2, -0.15) is 0 Å². The third-order valence-corrected chi connectivity index (χ3v) is 4.37. The molecule has 0 saturated carbocycles. The number of rotatable bonds is 3. The number of nitrogens with zero attached hydrogens (tertiary/aromatic N) is 2. The topological polar surface area (TPSA) is 43.1 Å². The standard InChI is InChI=1S/C14H18N2O2S/c1-9(2)16(10(3)4)13-6-5-12(15(17)18)7-11(13)8-14(16)19/h5-10H,1-4H3/p+1. The SMILES string of the molecule is CC(C)[N+]1(C(C)C)C(S)=Cc2cc([N+](=O)[O-])ccc21. The molecule has 102 valence electrons. The van der Waals surface area contributed by atoms with E-state index in [2.05, 4.69) is 40.3 Å². The van der Waals surface area contributed by atoms with Crippen molar-refractivity contribution in [3.8, 4) is 0 Å². The highest BCUT2D eigenvalue weighted by Gasteiger charge is 2.46. The molecule has 0 fully saturated rings. The number of benzene rings is 1. The zero-order valence-electron chi connectivity index (χ0n) is 11.6. The molecule has 1 aliphatic rings. The van der Waals surface area contributed by atoms with Crippen LogP contribution < -0.4 is 4.48 Å². The van der Waals surface area contributed by atoms with Crippen LogP contribution in [0.15, 0.2) is 23.2 Å². The summed E-state index contributed by atoms with van der Waals surface area (Å²) in [5, 5.41) is 11.8. The van der Waals surface area contributed by atoms with Gasteiger partial charge >= 0.3 is 0 Å². The summed E-state index contributed by atoms with van der Waals surface area (Å²) in [7, 11) is 0. The highest BCUT2D eigenvalue weighted by molar-refractivity contribution is 7.84. The minimum atomic E-state index is -0.357. The molecule has 0 aromatic heterocycles. The van der Waals surface area contributed by atoms with Crippen LogP contribution in [-0.2, 0) is 0 Å². The molecule has 0 atom stereocenters. The van der Waals surface area contributed by atoms with Gasteiger partial charge in [-0.05, 0) is 27.7 Å². The first-order valence-electron chi connectivity index (χ1n) is 6.40. The molecule has 0 aliphatic carbocycles. The van der Waals surface area contributed by atoms with Gasteiger partial charge in [0.2, 0.25) is 0 Å². The van der Waals surface area contributed by atoms with Crippen LogP contribution in [0.1, 0.15) is 33.3 Å². The zero-order valence-corrected chi connectivity index (χ0v) is 12.5. The Morgan fingerprint density at radius 1 is 1.21 bits per heavy atom. The molecule has 1 aliphatic heterocycles. The number of nitro groups is 1. The van der Waals surface area contributed by atoms with Gasteiger partial charge in [-0.3, -0.25) is 10.1 Å². The molecule has 0 spiro atoms. The molecule has 0 saturated heterocycles. The molecule has 0 amide bonds. The van der Waals surface area contributed by atoms with E-state index in [-0.39, 0.29) is 10.6 Å². The third kappa shape index (κ3) is 1.88. The number of hydrogen-bond donors (Lipinski definition) is 1. The van der Waals surface area contributed by atoms with E-state index in [0.717, 1.165) is 16.3 Å². The molecule has 5 heteroatoms. The van der Waals surface area contributed by atoms with Crippen LogP contribution in [0.25, 0.3) is 6.08 Å². The van der Waals surface area contributed by atoms with Gasteiger partial charge in [0.1, 0.15) is 5.69 Å². The molecule has 0 N–H and O–H groups in total. The quantitative estimate of drug-likeness (QED) is 0.394. The van der Waals surface area contributed by atoms with Crippen molar-refractivity contribution in [2.45, 2.75) is 39.8 Å². The number of non-ortho nitro benzene ring substituents is 1. The maximum atomic E-state index is 10.9. The van der Waals surface area contributed by atoms with Crippen LogP contribution >= 0.6 is 12.6 Å². The van der Waals surface area contributed by atoms with Crippen LogP contribution in [0, 0.1) is 10.1 Å². The number of nitro benzene ring substituents is 1. The van der Waals surface area contributed by atoms with Crippen LogP contribution in [0.2, 0.25) is 0 Å². The van der Waals surface area contributed by atoms with Gasteiger partial charge in [-0.25, -0.2) is 4.48 Å². The van der Waals surface area contributed by atoms with Gasteiger partial charge in [0, 0.05) is 29.8 Å². The Morgan fingerprint density at radius 3 is 2.26 bits per heavy atom. The maximum absolute atomic E-state index is 10.9. The zero-order chi connectivity index (χ0) is 14.4. The first kappa shape index (κ1) is 14.1. The van der Waals surface area contributed by atoms with Crippen molar-refractivity contribution in [1.82, 2.24) is 4.48 Å².